The number of aliphatic carboxylic acids is 1. The second-order valence-corrected chi connectivity index (χ2v) is 9.52. The molecule has 1 unspecified atom stereocenters. The van der Waals surface area contributed by atoms with Crippen LogP contribution < -0.4 is 11.1 Å². The summed E-state index contributed by atoms with van der Waals surface area (Å²) in [6.45, 7) is 5.38. The summed E-state index contributed by atoms with van der Waals surface area (Å²) in [5.41, 5.74) is 7.67. The lowest BCUT2D eigenvalue weighted by Crippen LogP contribution is -2.61. The van der Waals surface area contributed by atoms with E-state index in [9.17, 15) is 19.5 Å². The molecule has 0 fully saturated rings. The van der Waals surface area contributed by atoms with Crippen LogP contribution in [0.25, 0.3) is 11.1 Å². The van der Waals surface area contributed by atoms with E-state index < -0.39 is 23.3 Å². The highest BCUT2D eigenvalue weighted by molar-refractivity contribution is 5.84. The van der Waals surface area contributed by atoms with Gasteiger partial charge in [-0.05, 0) is 62.3 Å². The molecule has 0 aromatic heterocycles. The fourth-order valence-electron chi connectivity index (χ4n) is 4.11. The van der Waals surface area contributed by atoms with E-state index in [-0.39, 0.29) is 31.3 Å². The van der Waals surface area contributed by atoms with Crippen LogP contribution in [0.2, 0.25) is 0 Å². The second kappa shape index (κ2) is 10.3. The molecule has 182 valence electrons. The first kappa shape index (κ1) is 25.2. The molecule has 0 heterocycles. The molecular weight excluding hydrogens is 436 g/mol. The first-order valence-corrected chi connectivity index (χ1v) is 11.4. The van der Waals surface area contributed by atoms with Crippen molar-refractivity contribution in [3.63, 3.8) is 0 Å². The van der Waals surface area contributed by atoms with Crippen molar-refractivity contribution < 1.29 is 29.0 Å². The van der Waals surface area contributed by atoms with Gasteiger partial charge in [0.15, 0.2) is 5.66 Å². The van der Waals surface area contributed by atoms with Gasteiger partial charge in [0, 0.05) is 12.3 Å². The number of rotatable bonds is 9. The number of esters is 1. The van der Waals surface area contributed by atoms with E-state index in [1.165, 1.54) is 0 Å². The van der Waals surface area contributed by atoms with Gasteiger partial charge in [0.1, 0.15) is 12.2 Å². The Kier molecular flexibility index (Phi) is 7.61. The molecule has 0 bridgehead atoms. The van der Waals surface area contributed by atoms with Crippen molar-refractivity contribution in [3.05, 3.63) is 59.7 Å². The van der Waals surface area contributed by atoms with E-state index in [4.69, 9.17) is 15.2 Å². The average molecular weight is 469 g/mol. The Labute approximate surface area is 199 Å². The summed E-state index contributed by atoms with van der Waals surface area (Å²) in [6.07, 6.45) is -0.134. The molecule has 0 spiro atoms. The maximum atomic E-state index is 12.5. The molecule has 0 saturated heterocycles. The van der Waals surface area contributed by atoms with Crippen molar-refractivity contribution >= 4 is 18.0 Å². The molecule has 1 atom stereocenters. The van der Waals surface area contributed by atoms with Crippen LogP contribution in [0.3, 0.4) is 0 Å². The van der Waals surface area contributed by atoms with Gasteiger partial charge in [0.2, 0.25) is 0 Å². The first-order valence-electron chi connectivity index (χ1n) is 11.4. The number of alkyl carbamates (subject to hydrolysis) is 1. The molecule has 3 rings (SSSR count). The van der Waals surface area contributed by atoms with Crippen LogP contribution in [-0.2, 0) is 19.1 Å². The van der Waals surface area contributed by atoms with Gasteiger partial charge in [-0.25, -0.2) is 9.59 Å². The zero-order chi connectivity index (χ0) is 24.9. The number of amides is 1. The molecule has 0 radical (unpaired) electrons. The van der Waals surface area contributed by atoms with Crippen LogP contribution in [0.5, 0.6) is 0 Å². The smallest absolute Gasteiger partial charge is 0.409 e. The highest BCUT2D eigenvalue weighted by atomic mass is 16.6. The Hall–Kier alpha value is -3.39. The van der Waals surface area contributed by atoms with E-state index in [1.807, 2.05) is 48.5 Å². The van der Waals surface area contributed by atoms with Crippen molar-refractivity contribution in [1.29, 1.82) is 0 Å². The molecule has 1 aliphatic carbocycles. The molecule has 2 aromatic carbocycles. The number of ether oxygens (including phenoxy) is 2. The minimum atomic E-state index is -2.00. The van der Waals surface area contributed by atoms with Crippen LogP contribution in [0.1, 0.15) is 63.5 Å². The van der Waals surface area contributed by atoms with Crippen molar-refractivity contribution in [1.82, 2.24) is 5.32 Å². The summed E-state index contributed by atoms with van der Waals surface area (Å²) >= 11 is 0. The maximum absolute atomic E-state index is 12.5. The fourth-order valence-corrected chi connectivity index (χ4v) is 4.11. The standard InChI is InChI=1S/C26H32N2O6/c1-25(2,3)34-22(29)14-8-9-15-26(27,23(30)31)28-24(32)33-16-21-19-12-6-4-10-17(19)18-11-5-7-13-20(18)21/h4-7,10-13,21H,8-9,14-16,27H2,1-3H3,(H,28,32)(H,30,31). The third-order valence-corrected chi connectivity index (χ3v) is 5.67. The zero-order valence-electron chi connectivity index (χ0n) is 19.8. The van der Waals surface area contributed by atoms with E-state index >= 15 is 0 Å². The molecule has 1 amide bonds. The molecule has 1 aliphatic rings. The molecule has 8 nitrogen and oxygen atoms in total. The summed E-state index contributed by atoms with van der Waals surface area (Å²) < 4.78 is 10.7. The number of nitrogens with two attached hydrogens (primary N) is 1. The second-order valence-electron chi connectivity index (χ2n) is 9.52. The lowest BCUT2D eigenvalue weighted by Gasteiger charge is -2.26. The third kappa shape index (κ3) is 6.14. The summed E-state index contributed by atoms with van der Waals surface area (Å²) in [4.78, 5) is 36.1. The van der Waals surface area contributed by atoms with Crippen molar-refractivity contribution in [2.45, 2.75) is 63.6 Å². The molecule has 4 N–H and O–H groups in total. The van der Waals surface area contributed by atoms with Gasteiger partial charge >= 0.3 is 18.0 Å². The Bertz CT molecular complexity index is 1020. The van der Waals surface area contributed by atoms with E-state index in [2.05, 4.69) is 5.32 Å². The lowest BCUT2D eigenvalue weighted by molar-refractivity contribution is -0.154. The number of carboxylic acid groups (broad SMARTS) is 1. The minimum absolute atomic E-state index is 0.0498. The van der Waals surface area contributed by atoms with Crippen molar-refractivity contribution in [2.24, 2.45) is 5.73 Å². The molecule has 0 aliphatic heterocycles. The van der Waals surface area contributed by atoms with Gasteiger partial charge < -0.3 is 14.6 Å². The molecular formula is C26H32N2O6. The van der Waals surface area contributed by atoms with Gasteiger partial charge in [0.25, 0.3) is 0 Å². The van der Waals surface area contributed by atoms with Crippen molar-refractivity contribution in [3.8, 4) is 11.1 Å². The van der Waals surface area contributed by atoms with Crippen LogP contribution in [0.4, 0.5) is 4.79 Å². The summed E-state index contributed by atoms with van der Waals surface area (Å²) in [5.74, 6) is -1.89. The van der Waals surface area contributed by atoms with Gasteiger partial charge in [-0.3, -0.25) is 15.8 Å². The highest BCUT2D eigenvalue weighted by Gasteiger charge is 2.37. The molecule has 8 heteroatoms. The van der Waals surface area contributed by atoms with Crippen LogP contribution in [0.15, 0.2) is 48.5 Å². The third-order valence-electron chi connectivity index (χ3n) is 5.67. The largest absolute Gasteiger partial charge is 0.478 e. The van der Waals surface area contributed by atoms with Crippen molar-refractivity contribution in [2.75, 3.05) is 6.61 Å². The van der Waals surface area contributed by atoms with Crippen LogP contribution >= 0.6 is 0 Å². The Balaban J connectivity index is 1.55. The number of hydrogen-bond acceptors (Lipinski definition) is 6. The van der Waals surface area contributed by atoms with Gasteiger partial charge in [-0.15, -0.1) is 0 Å². The van der Waals surface area contributed by atoms with E-state index in [0.29, 0.717) is 12.8 Å². The maximum Gasteiger partial charge on any atom is 0.409 e. The average Bonchev–Trinajstić information content (AvgIpc) is 3.08. The fraction of sp³-hybridized carbons (Fsp3) is 0.423. The predicted molar refractivity (Wildman–Crippen MR) is 127 cm³/mol. The van der Waals surface area contributed by atoms with E-state index in [0.717, 1.165) is 22.3 Å². The van der Waals surface area contributed by atoms with Crippen LogP contribution in [0, 0.1) is 0 Å². The zero-order valence-corrected chi connectivity index (χ0v) is 19.8. The number of benzene rings is 2. The number of carboxylic acids is 1. The normalized spacial score (nSPS) is 14.5. The Morgan fingerprint density at radius 2 is 1.53 bits per heavy atom. The van der Waals surface area contributed by atoms with E-state index in [1.54, 1.807) is 20.8 Å². The molecule has 2 aromatic rings. The monoisotopic (exact) mass is 468 g/mol. The SMILES string of the molecule is CC(C)(C)OC(=O)CCCCC(N)(NC(=O)OCC1c2ccccc2-c2ccccc21)C(=O)O. The predicted octanol–water partition coefficient (Wildman–Crippen LogP) is 4.17. The lowest BCUT2D eigenvalue weighted by atomic mass is 9.98. The topological polar surface area (TPSA) is 128 Å². The number of hydrogen-bond donors (Lipinski definition) is 3. The van der Waals surface area contributed by atoms with Crippen LogP contribution in [-0.4, -0.2) is 41.0 Å². The number of carbonyl (C=O) groups excluding carboxylic acids is 2. The molecule has 0 saturated carbocycles. The Morgan fingerprint density at radius 3 is 2.06 bits per heavy atom. The minimum Gasteiger partial charge on any atom is -0.478 e. The molecule has 34 heavy (non-hydrogen) atoms. The summed E-state index contributed by atoms with van der Waals surface area (Å²) in [6, 6.07) is 15.8. The Morgan fingerprint density at radius 1 is 0.971 bits per heavy atom. The number of carbonyl (C=O) groups is 3. The number of fused-ring (bicyclic) bond motifs is 3. The summed E-state index contributed by atoms with van der Waals surface area (Å²) in [5, 5.41) is 11.9. The van der Waals surface area contributed by atoms with Gasteiger partial charge in [0.05, 0.1) is 0 Å². The number of unbranched alkanes of at least 4 members (excludes halogenated alkanes) is 1. The highest BCUT2D eigenvalue weighted by Crippen LogP contribution is 2.44. The summed E-state index contributed by atoms with van der Waals surface area (Å²) in [7, 11) is 0. The quantitative estimate of drug-likeness (QED) is 0.286. The van der Waals surface area contributed by atoms with Gasteiger partial charge in [-0.1, -0.05) is 48.5 Å². The number of nitrogens with one attached hydrogen (secondary N) is 1. The first-order chi connectivity index (χ1) is 16.0. The van der Waals surface area contributed by atoms with Gasteiger partial charge in [-0.2, -0.15) is 0 Å².